The van der Waals surface area contributed by atoms with Crippen LogP contribution in [0.15, 0.2) is 54.6 Å². The third kappa shape index (κ3) is 8.42. The fraction of sp³-hybridized carbons (Fsp3) is 0.391. The summed E-state index contributed by atoms with van der Waals surface area (Å²) in [5.41, 5.74) is 1.11. The van der Waals surface area contributed by atoms with Crippen LogP contribution < -0.4 is 0 Å². The SMILES string of the molecule is O=C(OCCCOCCCOCCCOO)c1ccccc1C(=O)c1ccccc1. The molecule has 30 heavy (non-hydrogen) atoms. The summed E-state index contributed by atoms with van der Waals surface area (Å²) >= 11 is 0. The van der Waals surface area contributed by atoms with E-state index < -0.39 is 5.97 Å². The highest BCUT2D eigenvalue weighted by Crippen LogP contribution is 2.16. The topological polar surface area (TPSA) is 91.3 Å². The summed E-state index contributed by atoms with van der Waals surface area (Å²) < 4.78 is 16.1. The van der Waals surface area contributed by atoms with E-state index in [1.165, 1.54) is 0 Å². The van der Waals surface area contributed by atoms with Crippen molar-refractivity contribution in [2.45, 2.75) is 19.3 Å². The molecule has 0 saturated heterocycles. The van der Waals surface area contributed by atoms with E-state index >= 15 is 0 Å². The highest BCUT2D eigenvalue weighted by Gasteiger charge is 2.18. The molecule has 0 spiro atoms. The third-order valence-corrected chi connectivity index (χ3v) is 4.20. The summed E-state index contributed by atoms with van der Waals surface area (Å²) in [6.07, 6.45) is 1.97. The second-order valence-corrected chi connectivity index (χ2v) is 6.50. The molecule has 1 N–H and O–H groups in total. The average molecular weight is 416 g/mol. The molecule has 2 rings (SSSR count). The molecule has 0 saturated carbocycles. The summed E-state index contributed by atoms with van der Waals surface area (Å²) in [5.74, 6) is -0.729. The lowest BCUT2D eigenvalue weighted by molar-refractivity contribution is -0.244. The van der Waals surface area contributed by atoms with Crippen molar-refractivity contribution in [1.29, 1.82) is 0 Å². The summed E-state index contributed by atoms with van der Waals surface area (Å²) in [4.78, 5) is 29.1. The Morgan fingerprint density at radius 2 is 1.20 bits per heavy atom. The highest BCUT2D eigenvalue weighted by atomic mass is 17.1. The van der Waals surface area contributed by atoms with Crippen LogP contribution in [-0.4, -0.2) is 56.7 Å². The fourth-order valence-electron chi connectivity index (χ4n) is 2.70. The molecule has 0 bridgehead atoms. The van der Waals surface area contributed by atoms with Crippen LogP contribution in [0, 0.1) is 0 Å². The van der Waals surface area contributed by atoms with Gasteiger partial charge in [-0.2, -0.15) is 0 Å². The van der Waals surface area contributed by atoms with Gasteiger partial charge in [-0.25, -0.2) is 9.68 Å². The lowest BCUT2D eigenvalue weighted by Crippen LogP contribution is -2.14. The zero-order valence-electron chi connectivity index (χ0n) is 17.0. The Kier molecular flexibility index (Phi) is 11.4. The number of carbonyl (C=O) groups is 2. The molecule has 0 amide bonds. The van der Waals surface area contributed by atoms with Crippen LogP contribution in [0.5, 0.6) is 0 Å². The Hall–Kier alpha value is -2.58. The van der Waals surface area contributed by atoms with Gasteiger partial charge in [0.05, 0.1) is 18.8 Å². The molecule has 0 aliphatic heterocycles. The predicted octanol–water partition coefficient (Wildman–Crippen LogP) is 3.77. The fourth-order valence-corrected chi connectivity index (χ4v) is 2.70. The maximum Gasteiger partial charge on any atom is 0.338 e. The van der Waals surface area contributed by atoms with Crippen LogP contribution in [0.2, 0.25) is 0 Å². The molecule has 0 aliphatic carbocycles. The molecule has 2 aromatic carbocycles. The number of carbonyl (C=O) groups excluding carboxylic acids is 2. The molecule has 0 heterocycles. The van der Waals surface area contributed by atoms with Gasteiger partial charge in [-0.05, 0) is 18.9 Å². The second-order valence-electron chi connectivity index (χ2n) is 6.50. The van der Waals surface area contributed by atoms with Crippen molar-refractivity contribution in [1.82, 2.24) is 0 Å². The zero-order chi connectivity index (χ0) is 21.4. The molecule has 0 unspecified atom stereocenters. The van der Waals surface area contributed by atoms with Gasteiger partial charge in [-0.1, -0.05) is 48.5 Å². The van der Waals surface area contributed by atoms with E-state index in [2.05, 4.69) is 4.89 Å². The van der Waals surface area contributed by atoms with Gasteiger partial charge in [0.25, 0.3) is 0 Å². The maximum absolute atomic E-state index is 12.7. The Bertz CT molecular complexity index is 761. The van der Waals surface area contributed by atoms with Gasteiger partial charge in [0.1, 0.15) is 0 Å². The third-order valence-electron chi connectivity index (χ3n) is 4.20. The number of benzene rings is 2. The number of ether oxygens (including phenoxy) is 3. The molecule has 0 aromatic heterocycles. The van der Waals surface area contributed by atoms with Crippen LogP contribution in [0.25, 0.3) is 0 Å². The van der Waals surface area contributed by atoms with Gasteiger partial charge in [0.15, 0.2) is 5.78 Å². The van der Waals surface area contributed by atoms with E-state index in [0.717, 1.165) is 6.42 Å². The molecular formula is C23H28O7. The Balaban J connectivity index is 1.66. The van der Waals surface area contributed by atoms with Crippen LogP contribution in [0.4, 0.5) is 0 Å². The first-order chi connectivity index (χ1) is 14.7. The molecule has 7 heteroatoms. The number of esters is 1. The number of rotatable bonds is 15. The predicted molar refractivity (Wildman–Crippen MR) is 111 cm³/mol. The first-order valence-electron chi connectivity index (χ1n) is 10.0. The van der Waals surface area contributed by atoms with Crippen LogP contribution >= 0.6 is 0 Å². The lowest BCUT2D eigenvalue weighted by Gasteiger charge is -2.09. The van der Waals surface area contributed by atoms with Crippen molar-refractivity contribution in [2.24, 2.45) is 0 Å². The molecule has 0 fully saturated rings. The van der Waals surface area contributed by atoms with E-state index in [9.17, 15) is 9.59 Å². The smallest absolute Gasteiger partial charge is 0.338 e. The average Bonchev–Trinajstić information content (AvgIpc) is 2.79. The largest absolute Gasteiger partial charge is 0.462 e. The van der Waals surface area contributed by atoms with Crippen molar-refractivity contribution in [3.63, 3.8) is 0 Å². The van der Waals surface area contributed by atoms with Crippen molar-refractivity contribution in [2.75, 3.05) is 39.6 Å². The van der Waals surface area contributed by atoms with E-state index in [4.69, 9.17) is 19.5 Å². The van der Waals surface area contributed by atoms with Gasteiger partial charge in [-0.3, -0.25) is 10.1 Å². The van der Waals surface area contributed by atoms with E-state index in [1.54, 1.807) is 48.5 Å². The quantitative estimate of drug-likeness (QED) is 0.155. The Labute approximate surface area is 176 Å². The van der Waals surface area contributed by atoms with Gasteiger partial charge in [0.2, 0.25) is 0 Å². The van der Waals surface area contributed by atoms with E-state index in [1.807, 2.05) is 6.07 Å². The molecule has 0 atom stereocenters. The minimum absolute atomic E-state index is 0.211. The van der Waals surface area contributed by atoms with Gasteiger partial charge in [0, 0.05) is 44.0 Å². The van der Waals surface area contributed by atoms with E-state index in [0.29, 0.717) is 50.4 Å². The summed E-state index contributed by atoms with van der Waals surface area (Å²) in [6.45, 7) is 2.61. The molecule has 7 nitrogen and oxygen atoms in total. The molecule has 162 valence electrons. The molecular weight excluding hydrogens is 388 g/mol. The van der Waals surface area contributed by atoms with Crippen molar-refractivity contribution in [3.8, 4) is 0 Å². The summed E-state index contributed by atoms with van der Waals surface area (Å²) in [7, 11) is 0. The number of hydrogen-bond donors (Lipinski definition) is 1. The number of ketones is 1. The summed E-state index contributed by atoms with van der Waals surface area (Å²) in [6, 6.07) is 15.5. The van der Waals surface area contributed by atoms with Crippen LogP contribution in [0.1, 0.15) is 45.5 Å². The molecule has 2 aromatic rings. The zero-order valence-corrected chi connectivity index (χ0v) is 17.0. The second kappa shape index (κ2) is 14.4. The minimum atomic E-state index is -0.518. The standard InChI is InChI=1S/C23H28O7/c24-22(19-9-2-1-3-10-19)20-11-4-5-12-21(20)23(25)29-17-7-15-27-13-6-14-28-16-8-18-30-26/h1-5,9-12,26H,6-8,13-18H2. The van der Waals surface area contributed by atoms with Crippen molar-refractivity contribution < 1.29 is 33.9 Å². The monoisotopic (exact) mass is 416 g/mol. The van der Waals surface area contributed by atoms with E-state index in [-0.39, 0.29) is 24.6 Å². The highest BCUT2D eigenvalue weighted by molar-refractivity contribution is 6.14. The summed E-state index contributed by atoms with van der Waals surface area (Å²) in [5, 5.41) is 8.17. The Morgan fingerprint density at radius 1 is 0.667 bits per heavy atom. The molecule has 0 aliphatic rings. The van der Waals surface area contributed by atoms with Gasteiger partial charge < -0.3 is 14.2 Å². The molecule has 0 radical (unpaired) electrons. The van der Waals surface area contributed by atoms with Crippen LogP contribution in [0.3, 0.4) is 0 Å². The van der Waals surface area contributed by atoms with Gasteiger partial charge in [-0.15, -0.1) is 0 Å². The minimum Gasteiger partial charge on any atom is -0.462 e. The normalized spacial score (nSPS) is 10.7. The Morgan fingerprint density at radius 3 is 1.83 bits per heavy atom. The van der Waals surface area contributed by atoms with Crippen LogP contribution in [-0.2, 0) is 19.1 Å². The maximum atomic E-state index is 12.7. The van der Waals surface area contributed by atoms with Crippen molar-refractivity contribution >= 4 is 11.8 Å². The first-order valence-corrected chi connectivity index (χ1v) is 10.0. The number of hydrogen-bond acceptors (Lipinski definition) is 7. The van der Waals surface area contributed by atoms with Crippen molar-refractivity contribution in [3.05, 3.63) is 71.3 Å². The lowest BCUT2D eigenvalue weighted by atomic mass is 9.98. The van der Waals surface area contributed by atoms with Gasteiger partial charge >= 0.3 is 5.97 Å². The first kappa shape index (κ1) is 23.7.